The molecule has 1 saturated heterocycles. The third-order valence-corrected chi connectivity index (χ3v) is 6.13. The van der Waals surface area contributed by atoms with Gasteiger partial charge < -0.3 is 9.64 Å². The predicted octanol–water partition coefficient (Wildman–Crippen LogP) is 2.14. The summed E-state index contributed by atoms with van der Waals surface area (Å²) in [6.45, 7) is 6.08. The molecule has 0 unspecified atom stereocenters. The smallest absolute Gasteiger partial charge is 0.260 e. The molecule has 1 aromatic carbocycles. The second kappa shape index (κ2) is 6.91. The molecule has 6 heteroatoms. The molecule has 23 heavy (non-hydrogen) atoms. The Bertz CT molecular complexity index is 682. The molecule has 1 aliphatic heterocycles. The first-order valence-corrected chi connectivity index (χ1v) is 9.71. The van der Waals surface area contributed by atoms with E-state index >= 15 is 0 Å². The minimum atomic E-state index is -3.00. The normalized spacial score (nSPS) is 19.8. The molecule has 1 amide bonds. The minimum Gasteiger partial charge on any atom is -0.483 e. The van der Waals surface area contributed by atoms with E-state index in [1.165, 1.54) is 4.90 Å². The molecule has 1 aliphatic rings. The quantitative estimate of drug-likeness (QED) is 0.824. The molecule has 1 fully saturated rings. The predicted molar refractivity (Wildman–Crippen MR) is 90.6 cm³/mol. The minimum absolute atomic E-state index is 0.0527. The number of ether oxygens (including phenoxy) is 1. The first-order chi connectivity index (χ1) is 10.7. The fraction of sp³-hybridized carbons (Fsp3) is 0.588. The van der Waals surface area contributed by atoms with Crippen molar-refractivity contribution < 1.29 is 17.9 Å². The highest BCUT2D eigenvalue weighted by atomic mass is 32.2. The summed E-state index contributed by atoms with van der Waals surface area (Å²) in [5.74, 6) is 1.11. The average Bonchev–Trinajstić information content (AvgIpc) is 2.85. The molecule has 5 nitrogen and oxygen atoms in total. The third kappa shape index (κ3) is 4.47. The number of carbonyl (C=O) groups excluding carboxylic acids is 1. The van der Waals surface area contributed by atoms with Crippen LogP contribution >= 0.6 is 0 Å². The first kappa shape index (κ1) is 17.8. The Morgan fingerprint density at radius 2 is 2.09 bits per heavy atom. The highest BCUT2D eigenvalue weighted by molar-refractivity contribution is 7.91. The zero-order chi connectivity index (χ0) is 17.2. The summed E-state index contributed by atoms with van der Waals surface area (Å²) in [4.78, 5) is 13.8. The van der Waals surface area contributed by atoms with Crippen LogP contribution in [0.5, 0.6) is 5.75 Å². The summed E-state index contributed by atoms with van der Waals surface area (Å²) >= 11 is 0. The number of likely N-dealkylation sites (N-methyl/N-ethyl adjacent to an activating group) is 1. The molecule has 2 rings (SSSR count). The van der Waals surface area contributed by atoms with Crippen molar-refractivity contribution in [2.24, 2.45) is 0 Å². The van der Waals surface area contributed by atoms with E-state index in [0.717, 1.165) is 11.1 Å². The number of hydrogen-bond donors (Lipinski definition) is 0. The number of aryl methyl sites for hydroxylation is 1. The van der Waals surface area contributed by atoms with E-state index in [1.807, 2.05) is 19.1 Å². The van der Waals surface area contributed by atoms with Crippen molar-refractivity contribution in [3.8, 4) is 5.75 Å². The summed E-state index contributed by atoms with van der Waals surface area (Å²) in [5, 5.41) is 0. The molecule has 1 atom stereocenters. The van der Waals surface area contributed by atoms with Gasteiger partial charge in [0.2, 0.25) is 0 Å². The van der Waals surface area contributed by atoms with Crippen molar-refractivity contribution in [3.05, 3.63) is 29.3 Å². The molecule has 0 aromatic heterocycles. The van der Waals surface area contributed by atoms with Gasteiger partial charge >= 0.3 is 0 Å². The maximum Gasteiger partial charge on any atom is 0.260 e. The van der Waals surface area contributed by atoms with Crippen LogP contribution in [0.15, 0.2) is 18.2 Å². The molecule has 0 saturated carbocycles. The molecule has 0 radical (unpaired) electrons. The Morgan fingerprint density at radius 1 is 1.39 bits per heavy atom. The van der Waals surface area contributed by atoms with Gasteiger partial charge in [0.25, 0.3) is 5.91 Å². The Labute approximate surface area is 138 Å². The summed E-state index contributed by atoms with van der Waals surface area (Å²) in [7, 11) is -1.35. The van der Waals surface area contributed by atoms with Crippen molar-refractivity contribution in [1.29, 1.82) is 0 Å². The molecule has 0 spiro atoms. The van der Waals surface area contributed by atoms with Gasteiger partial charge in [-0.3, -0.25) is 4.79 Å². The summed E-state index contributed by atoms with van der Waals surface area (Å²) in [6.07, 6.45) is 0.506. The van der Waals surface area contributed by atoms with Crippen LogP contribution in [0.25, 0.3) is 0 Å². The second-order valence-corrected chi connectivity index (χ2v) is 8.76. The van der Waals surface area contributed by atoms with Gasteiger partial charge in [0.15, 0.2) is 16.4 Å². The van der Waals surface area contributed by atoms with E-state index in [4.69, 9.17) is 4.74 Å². The van der Waals surface area contributed by atoms with Crippen LogP contribution in [0.1, 0.15) is 37.3 Å². The molecular formula is C17H25NO4S. The Balaban J connectivity index is 1.98. The molecular weight excluding hydrogens is 314 g/mol. The Kier molecular flexibility index (Phi) is 5.34. The lowest BCUT2D eigenvalue weighted by Crippen LogP contribution is -2.40. The summed E-state index contributed by atoms with van der Waals surface area (Å²) < 4.78 is 28.7. The van der Waals surface area contributed by atoms with Crippen LogP contribution in [0, 0.1) is 6.92 Å². The number of rotatable bonds is 5. The monoisotopic (exact) mass is 339 g/mol. The van der Waals surface area contributed by atoms with Gasteiger partial charge in [-0.05, 0) is 36.5 Å². The first-order valence-electron chi connectivity index (χ1n) is 7.89. The van der Waals surface area contributed by atoms with E-state index in [9.17, 15) is 13.2 Å². The van der Waals surface area contributed by atoms with Gasteiger partial charge in [-0.25, -0.2) is 8.42 Å². The molecule has 0 N–H and O–H groups in total. The van der Waals surface area contributed by atoms with Crippen molar-refractivity contribution in [2.45, 2.75) is 39.2 Å². The fourth-order valence-corrected chi connectivity index (χ4v) is 4.43. The third-order valence-electron chi connectivity index (χ3n) is 4.38. The topological polar surface area (TPSA) is 63.7 Å². The fourth-order valence-electron chi connectivity index (χ4n) is 2.66. The highest BCUT2D eigenvalue weighted by Gasteiger charge is 2.32. The highest BCUT2D eigenvalue weighted by Crippen LogP contribution is 2.24. The van der Waals surface area contributed by atoms with E-state index < -0.39 is 9.84 Å². The standard InChI is InChI=1S/C17H25NO4S/c1-12(2)14-6-5-13(3)16(9-14)22-10-17(19)18(4)15-7-8-23(20,21)11-15/h5-6,9,12,15H,7-8,10-11H2,1-4H3/t15-/m0/s1. The zero-order valence-electron chi connectivity index (χ0n) is 14.2. The lowest BCUT2D eigenvalue weighted by atomic mass is 10.0. The molecule has 1 aromatic rings. The summed E-state index contributed by atoms with van der Waals surface area (Å²) in [6, 6.07) is 5.78. The van der Waals surface area contributed by atoms with Gasteiger partial charge in [-0.2, -0.15) is 0 Å². The van der Waals surface area contributed by atoms with E-state index in [0.29, 0.717) is 18.1 Å². The number of carbonyl (C=O) groups is 1. The maximum atomic E-state index is 12.3. The molecule has 128 valence electrons. The van der Waals surface area contributed by atoms with Crippen LogP contribution in [0.4, 0.5) is 0 Å². The number of amides is 1. The molecule has 0 bridgehead atoms. The van der Waals surface area contributed by atoms with Crippen LogP contribution in [-0.4, -0.2) is 50.4 Å². The second-order valence-electron chi connectivity index (χ2n) is 6.53. The van der Waals surface area contributed by atoms with Crippen LogP contribution in [0.2, 0.25) is 0 Å². The van der Waals surface area contributed by atoms with Crippen LogP contribution in [-0.2, 0) is 14.6 Å². The van der Waals surface area contributed by atoms with E-state index in [2.05, 4.69) is 19.9 Å². The molecule has 0 aliphatic carbocycles. The van der Waals surface area contributed by atoms with Crippen molar-refractivity contribution >= 4 is 15.7 Å². The average molecular weight is 339 g/mol. The number of hydrogen-bond acceptors (Lipinski definition) is 4. The summed E-state index contributed by atoms with van der Waals surface area (Å²) in [5.41, 5.74) is 2.14. The Hall–Kier alpha value is -1.56. The maximum absolute atomic E-state index is 12.3. The van der Waals surface area contributed by atoms with Crippen LogP contribution < -0.4 is 4.74 Å². The SMILES string of the molecule is Cc1ccc(C(C)C)cc1OCC(=O)N(C)[C@H]1CCS(=O)(=O)C1. The number of sulfone groups is 1. The van der Waals surface area contributed by atoms with Gasteiger partial charge in [0.05, 0.1) is 11.5 Å². The van der Waals surface area contributed by atoms with Crippen molar-refractivity contribution in [2.75, 3.05) is 25.2 Å². The number of benzene rings is 1. The van der Waals surface area contributed by atoms with Gasteiger partial charge in [0, 0.05) is 13.1 Å². The van der Waals surface area contributed by atoms with Gasteiger partial charge in [-0.1, -0.05) is 26.0 Å². The zero-order valence-corrected chi connectivity index (χ0v) is 15.0. The lowest BCUT2D eigenvalue weighted by Gasteiger charge is -2.23. The number of nitrogens with zero attached hydrogens (tertiary/aromatic N) is 1. The molecule has 1 heterocycles. The largest absolute Gasteiger partial charge is 0.483 e. The van der Waals surface area contributed by atoms with Crippen molar-refractivity contribution in [1.82, 2.24) is 4.90 Å². The van der Waals surface area contributed by atoms with Gasteiger partial charge in [-0.15, -0.1) is 0 Å². The van der Waals surface area contributed by atoms with Crippen LogP contribution in [0.3, 0.4) is 0 Å². The van der Waals surface area contributed by atoms with E-state index in [1.54, 1.807) is 7.05 Å². The van der Waals surface area contributed by atoms with Crippen molar-refractivity contribution in [3.63, 3.8) is 0 Å². The lowest BCUT2D eigenvalue weighted by molar-refractivity contribution is -0.133. The van der Waals surface area contributed by atoms with Gasteiger partial charge in [0.1, 0.15) is 5.75 Å². The van der Waals surface area contributed by atoms with E-state index in [-0.39, 0.29) is 30.1 Å². The Morgan fingerprint density at radius 3 is 2.65 bits per heavy atom.